The van der Waals surface area contributed by atoms with E-state index in [0.29, 0.717) is 0 Å². The normalized spacial score (nSPS) is 12.2. The van der Waals surface area contributed by atoms with Crippen molar-refractivity contribution in [1.29, 1.82) is 0 Å². The molecule has 1 aromatic heterocycles. The summed E-state index contributed by atoms with van der Waals surface area (Å²) in [6.45, 7) is 6.38. The first-order valence-corrected chi connectivity index (χ1v) is 7.37. The topological polar surface area (TPSA) is 24.9 Å². The lowest BCUT2D eigenvalue weighted by Crippen LogP contribution is -2.07. The van der Waals surface area contributed by atoms with Gasteiger partial charge in [-0.05, 0) is 59.0 Å². The molecule has 1 atom stereocenters. The number of aryl methyl sites for hydroxylation is 2. The zero-order chi connectivity index (χ0) is 13.8. The van der Waals surface area contributed by atoms with Crippen molar-refractivity contribution in [3.63, 3.8) is 0 Å². The predicted molar refractivity (Wildman–Crippen MR) is 84.5 cm³/mol. The summed E-state index contributed by atoms with van der Waals surface area (Å²) in [5.41, 5.74) is 4.85. The highest BCUT2D eigenvalue weighted by Gasteiger charge is 2.06. The Bertz CT molecular complexity index is 549. The Morgan fingerprint density at radius 3 is 2.53 bits per heavy atom. The Balaban J connectivity index is 2.10. The molecule has 0 saturated carbocycles. The van der Waals surface area contributed by atoms with Crippen LogP contribution >= 0.6 is 15.9 Å². The molecule has 0 spiro atoms. The Kier molecular flexibility index (Phi) is 4.59. The molecule has 2 nitrogen and oxygen atoms in total. The highest BCUT2D eigenvalue weighted by atomic mass is 79.9. The summed E-state index contributed by atoms with van der Waals surface area (Å²) in [7, 11) is 0. The van der Waals surface area contributed by atoms with Gasteiger partial charge in [0.15, 0.2) is 0 Å². The van der Waals surface area contributed by atoms with Gasteiger partial charge in [-0.3, -0.25) is 0 Å². The number of benzene rings is 1. The third-order valence-electron chi connectivity index (χ3n) is 3.29. The third kappa shape index (κ3) is 3.57. The molecule has 1 unspecified atom stereocenters. The van der Waals surface area contributed by atoms with Crippen molar-refractivity contribution < 1.29 is 0 Å². The van der Waals surface area contributed by atoms with E-state index in [-0.39, 0.29) is 6.04 Å². The summed E-state index contributed by atoms with van der Waals surface area (Å²) in [4.78, 5) is 4.31. The zero-order valence-electron chi connectivity index (χ0n) is 11.6. The van der Waals surface area contributed by atoms with Crippen molar-refractivity contribution >= 4 is 21.6 Å². The lowest BCUT2D eigenvalue weighted by molar-refractivity contribution is 0.880. The minimum absolute atomic E-state index is 0.272. The number of halogens is 1. The minimum Gasteiger partial charge on any atom is -0.377 e. The molecule has 0 fully saturated rings. The lowest BCUT2D eigenvalue weighted by atomic mass is 10.0. The van der Waals surface area contributed by atoms with Crippen LogP contribution in [0.15, 0.2) is 41.1 Å². The van der Waals surface area contributed by atoms with Crippen LogP contribution in [0.2, 0.25) is 0 Å². The molecule has 0 radical (unpaired) electrons. The molecule has 2 aromatic rings. The van der Waals surface area contributed by atoms with E-state index in [9.17, 15) is 0 Å². The number of nitrogens with one attached hydrogen (secondary N) is 1. The van der Waals surface area contributed by atoms with Gasteiger partial charge >= 0.3 is 0 Å². The number of pyridine rings is 1. The van der Waals surface area contributed by atoms with Crippen molar-refractivity contribution in [3.8, 4) is 0 Å². The van der Waals surface area contributed by atoms with E-state index in [1.807, 2.05) is 13.1 Å². The lowest BCUT2D eigenvalue weighted by Gasteiger charge is -2.16. The van der Waals surface area contributed by atoms with Crippen LogP contribution in [0.4, 0.5) is 5.69 Å². The first kappa shape index (κ1) is 14.1. The van der Waals surface area contributed by atoms with E-state index in [1.165, 1.54) is 11.1 Å². The average molecular weight is 319 g/mol. The highest BCUT2D eigenvalue weighted by molar-refractivity contribution is 9.10. The molecular weight excluding hydrogens is 300 g/mol. The number of aromatic nitrogens is 1. The van der Waals surface area contributed by atoms with Gasteiger partial charge in [0.25, 0.3) is 0 Å². The molecule has 0 saturated heterocycles. The molecule has 1 heterocycles. The summed E-state index contributed by atoms with van der Waals surface area (Å²) in [6.07, 6.45) is 2.94. The molecule has 19 heavy (non-hydrogen) atoms. The van der Waals surface area contributed by atoms with Gasteiger partial charge in [-0.25, -0.2) is 4.98 Å². The first-order valence-electron chi connectivity index (χ1n) is 6.57. The zero-order valence-corrected chi connectivity index (χ0v) is 13.2. The predicted octanol–water partition coefficient (Wildman–Crippen LogP) is 4.89. The van der Waals surface area contributed by atoms with Gasteiger partial charge < -0.3 is 5.32 Å². The van der Waals surface area contributed by atoms with E-state index in [1.54, 1.807) is 0 Å². The van der Waals surface area contributed by atoms with Gasteiger partial charge in [0, 0.05) is 6.04 Å². The Hall–Kier alpha value is -1.35. The maximum absolute atomic E-state index is 4.31. The van der Waals surface area contributed by atoms with E-state index in [4.69, 9.17) is 0 Å². The second-order valence-electron chi connectivity index (χ2n) is 4.79. The summed E-state index contributed by atoms with van der Waals surface area (Å²) in [5.74, 6) is 0. The van der Waals surface area contributed by atoms with E-state index >= 15 is 0 Å². The van der Waals surface area contributed by atoms with Gasteiger partial charge in [-0.15, -0.1) is 0 Å². The number of rotatable bonds is 4. The molecule has 3 heteroatoms. The average Bonchev–Trinajstić information content (AvgIpc) is 2.43. The van der Waals surface area contributed by atoms with Crippen molar-refractivity contribution in [1.82, 2.24) is 4.98 Å². The largest absolute Gasteiger partial charge is 0.377 e. The monoisotopic (exact) mass is 318 g/mol. The van der Waals surface area contributed by atoms with Crippen LogP contribution in [0.5, 0.6) is 0 Å². The number of anilines is 1. The quantitative estimate of drug-likeness (QED) is 0.812. The molecule has 1 N–H and O–H groups in total. The van der Waals surface area contributed by atoms with E-state index in [2.05, 4.69) is 70.4 Å². The second-order valence-corrected chi connectivity index (χ2v) is 5.54. The van der Waals surface area contributed by atoms with Gasteiger partial charge in [-0.1, -0.05) is 31.2 Å². The van der Waals surface area contributed by atoms with Crippen LogP contribution in [0, 0.1) is 6.92 Å². The summed E-state index contributed by atoms with van der Waals surface area (Å²) >= 11 is 3.42. The van der Waals surface area contributed by atoms with E-state index < -0.39 is 0 Å². The maximum Gasteiger partial charge on any atom is 0.109 e. The number of hydrogen-bond acceptors (Lipinski definition) is 2. The number of hydrogen-bond donors (Lipinski definition) is 1. The van der Waals surface area contributed by atoms with Crippen molar-refractivity contribution in [3.05, 3.63) is 57.8 Å². The SMILES string of the molecule is CCc1ccc(C(C)Nc2cnc(Br)c(C)c2)cc1. The fourth-order valence-electron chi connectivity index (χ4n) is 2.01. The molecule has 0 amide bonds. The van der Waals surface area contributed by atoms with E-state index in [0.717, 1.165) is 22.3 Å². The van der Waals surface area contributed by atoms with Crippen LogP contribution < -0.4 is 5.32 Å². The minimum atomic E-state index is 0.272. The summed E-state index contributed by atoms with van der Waals surface area (Å²) < 4.78 is 0.901. The Morgan fingerprint density at radius 2 is 1.95 bits per heavy atom. The van der Waals surface area contributed by atoms with Crippen LogP contribution in [0.3, 0.4) is 0 Å². The van der Waals surface area contributed by atoms with Crippen molar-refractivity contribution in [2.45, 2.75) is 33.2 Å². The molecule has 0 bridgehead atoms. The fourth-order valence-corrected chi connectivity index (χ4v) is 2.23. The second kappa shape index (κ2) is 6.20. The standard InChI is InChI=1S/C16H19BrN2/c1-4-13-5-7-14(8-6-13)12(3)19-15-9-11(2)16(17)18-10-15/h5-10,12,19H,4H2,1-3H3. The van der Waals surface area contributed by atoms with Gasteiger partial charge in [0.1, 0.15) is 4.60 Å². The van der Waals surface area contributed by atoms with Gasteiger partial charge in [0.2, 0.25) is 0 Å². The van der Waals surface area contributed by atoms with Crippen LogP contribution in [0.25, 0.3) is 0 Å². The Labute approximate surface area is 123 Å². The summed E-state index contributed by atoms with van der Waals surface area (Å²) in [5, 5.41) is 3.48. The smallest absolute Gasteiger partial charge is 0.109 e. The van der Waals surface area contributed by atoms with Crippen LogP contribution in [-0.4, -0.2) is 4.98 Å². The van der Waals surface area contributed by atoms with Crippen LogP contribution in [0.1, 0.15) is 36.6 Å². The Morgan fingerprint density at radius 1 is 1.26 bits per heavy atom. The molecule has 100 valence electrons. The molecule has 1 aromatic carbocycles. The van der Waals surface area contributed by atoms with Gasteiger partial charge in [0.05, 0.1) is 11.9 Å². The molecule has 0 aliphatic carbocycles. The number of nitrogens with zero attached hydrogens (tertiary/aromatic N) is 1. The highest BCUT2D eigenvalue weighted by Crippen LogP contribution is 2.22. The van der Waals surface area contributed by atoms with Crippen LogP contribution in [-0.2, 0) is 6.42 Å². The first-order chi connectivity index (χ1) is 9.10. The molecule has 0 aliphatic heterocycles. The molecular formula is C16H19BrN2. The summed E-state index contributed by atoms with van der Waals surface area (Å²) in [6, 6.07) is 11.1. The van der Waals surface area contributed by atoms with Crippen molar-refractivity contribution in [2.75, 3.05) is 5.32 Å². The van der Waals surface area contributed by atoms with Crippen molar-refractivity contribution in [2.24, 2.45) is 0 Å². The maximum atomic E-state index is 4.31. The third-order valence-corrected chi connectivity index (χ3v) is 4.12. The molecule has 0 aliphatic rings. The molecule has 2 rings (SSSR count). The fraction of sp³-hybridized carbons (Fsp3) is 0.312. The van der Waals surface area contributed by atoms with Gasteiger partial charge in [-0.2, -0.15) is 0 Å².